The molecule has 0 bridgehead atoms. The summed E-state index contributed by atoms with van der Waals surface area (Å²) in [6.45, 7) is 2.44. The van der Waals surface area contributed by atoms with Gasteiger partial charge in [-0.25, -0.2) is 0 Å². The average molecular weight is 222 g/mol. The number of rotatable bonds is 6. The third-order valence-electron chi connectivity index (χ3n) is 2.12. The van der Waals surface area contributed by atoms with Crippen LogP contribution < -0.4 is 0 Å². The van der Waals surface area contributed by atoms with Gasteiger partial charge in [0.15, 0.2) is 0 Å². The maximum atomic E-state index is 8.74. The van der Waals surface area contributed by atoms with Crippen molar-refractivity contribution < 1.29 is 5.11 Å². The molecule has 1 aromatic rings. The summed E-state index contributed by atoms with van der Waals surface area (Å²) in [4.78, 5) is 0. The average Bonchev–Trinajstić information content (AvgIpc) is 2.26. The van der Waals surface area contributed by atoms with E-state index in [1.54, 1.807) is 0 Å². The molecule has 0 aliphatic carbocycles. The summed E-state index contributed by atoms with van der Waals surface area (Å²) in [5.74, 6) is 1.01. The van der Waals surface area contributed by atoms with Crippen molar-refractivity contribution in [3.63, 3.8) is 0 Å². The molecule has 0 heterocycles. The standard InChI is InChI=1S/C13H18OS/c1-12(9-10-14)15-11-5-8-13-6-3-2-4-7-13/h2-8,12,14H,9-11H2,1H3. The van der Waals surface area contributed by atoms with E-state index in [9.17, 15) is 0 Å². The van der Waals surface area contributed by atoms with E-state index in [0.717, 1.165) is 12.2 Å². The Hall–Kier alpha value is -0.730. The van der Waals surface area contributed by atoms with Gasteiger partial charge in [-0.15, -0.1) is 0 Å². The Morgan fingerprint density at radius 1 is 1.33 bits per heavy atom. The minimum atomic E-state index is 0.288. The van der Waals surface area contributed by atoms with Crippen LogP contribution >= 0.6 is 11.8 Å². The molecule has 2 heteroatoms. The van der Waals surface area contributed by atoms with Crippen LogP contribution in [0.1, 0.15) is 18.9 Å². The van der Waals surface area contributed by atoms with E-state index in [0.29, 0.717) is 5.25 Å². The fourth-order valence-corrected chi connectivity index (χ4v) is 2.04. The fourth-order valence-electron chi connectivity index (χ4n) is 1.23. The van der Waals surface area contributed by atoms with E-state index in [1.165, 1.54) is 5.56 Å². The number of aliphatic hydroxyl groups is 1. The van der Waals surface area contributed by atoms with Crippen LogP contribution in [0.3, 0.4) is 0 Å². The van der Waals surface area contributed by atoms with Crippen LogP contribution in [-0.4, -0.2) is 22.7 Å². The Bertz CT molecular complexity index is 282. The van der Waals surface area contributed by atoms with E-state index in [1.807, 2.05) is 30.0 Å². The summed E-state index contributed by atoms with van der Waals surface area (Å²) in [5.41, 5.74) is 1.24. The molecule has 0 spiro atoms. The van der Waals surface area contributed by atoms with E-state index in [-0.39, 0.29) is 6.61 Å². The third kappa shape index (κ3) is 5.65. The summed E-state index contributed by atoms with van der Waals surface area (Å²) in [7, 11) is 0. The van der Waals surface area contributed by atoms with Gasteiger partial charge < -0.3 is 5.11 Å². The molecule has 0 aliphatic rings. The molecule has 1 rings (SSSR count). The Morgan fingerprint density at radius 2 is 2.07 bits per heavy atom. The lowest BCUT2D eigenvalue weighted by Gasteiger charge is -2.06. The molecule has 0 aliphatic heterocycles. The van der Waals surface area contributed by atoms with Crippen molar-refractivity contribution in [2.24, 2.45) is 0 Å². The molecule has 0 amide bonds. The van der Waals surface area contributed by atoms with Crippen molar-refractivity contribution in [1.82, 2.24) is 0 Å². The number of hydrogen-bond acceptors (Lipinski definition) is 2. The van der Waals surface area contributed by atoms with Gasteiger partial charge in [0, 0.05) is 17.6 Å². The lowest BCUT2D eigenvalue weighted by Crippen LogP contribution is -1.99. The molecule has 0 saturated heterocycles. The molecular weight excluding hydrogens is 204 g/mol. The summed E-state index contributed by atoms with van der Waals surface area (Å²) < 4.78 is 0. The van der Waals surface area contributed by atoms with Crippen molar-refractivity contribution in [2.45, 2.75) is 18.6 Å². The van der Waals surface area contributed by atoms with E-state index < -0.39 is 0 Å². The molecule has 1 N–H and O–H groups in total. The Kier molecular flexibility index (Phi) is 6.21. The minimum absolute atomic E-state index is 0.288. The Morgan fingerprint density at radius 3 is 2.73 bits per heavy atom. The van der Waals surface area contributed by atoms with Crippen LogP contribution in [0.5, 0.6) is 0 Å². The topological polar surface area (TPSA) is 20.2 Å². The van der Waals surface area contributed by atoms with Gasteiger partial charge >= 0.3 is 0 Å². The van der Waals surface area contributed by atoms with Crippen LogP contribution in [0.25, 0.3) is 6.08 Å². The van der Waals surface area contributed by atoms with Crippen molar-refractivity contribution in [2.75, 3.05) is 12.4 Å². The van der Waals surface area contributed by atoms with E-state index in [4.69, 9.17) is 5.11 Å². The van der Waals surface area contributed by atoms with Crippen LogP contribution in [0, 0.1) is 0 Å². The smallest absolute Gasteiger partial charge is 0.0441 e. The number of benzene rings is 1. The molecule has 82 valence electrons. The quantitative estimate of drug-likeness (QED) is 0.797. The second-order valence-corrected chi connectivity index (χ2v) is 4.94. The molecule has 0 saturated carbocycles. The Balaban J connectivity index is 2.23. The van der Waals surface area contributed by atoms with Gasteiger partial charge in [0.1, 0.15) is 0 Å². The number of aliphatic hydroxyl groups excluding tert-OH is 1. The predicted molar refractivity (Wildman–Crippen MR) is 69.1 cm³/mol. The maximum Gasteiger partial charge on any atom is 0.0441 e. The zero-order chi connectivity index (χ0) is 10.9. The highest BCUT2D eigenvalue weighted by Gasteiger charge is 1.98. The lowest BCUT2D eigenvalue weighted by molar-refractivity contribution is 0.289. The van der Waals surface area contributed by atoms with Gasteiger partial charge in [0.2, 0.25) is 0 Å². The molecule has 0 fully saturated rings. The molecular formula is C13H18OS. The van der Waals surface area contributed by atoms with Crippen LogP contribution in [0.15, 0.2) is 36.4 Å². The summed E-state index contributed by atoms with van der Waals surface area (Å²) in [5, 5.41) is 9.28. The van der Waals surface area contributed by atoms with Gasteiger partial charge in [0.25, 0.3) is 0 Å². The largest absolute Gasteiger partial charge is 0.396 e. The van der Waals surface area contributed by atoms with Gasteiger partial charge in [-0.05, 0) is 12.0 Å². The SMILES string of the molecule is CC(CCO)SCC=Cc1ccccc1. The van der Waals surface area contributed by atoms with Crippen LogP contribution in [0.4, 0.5) is 0 Å². The van der Waals surface area contributed by atoms with Gasteiger partial charge in [-0.3, -0.25) is 0 Å². The van der Waals surface area contributed by atoms with Gasteiger partial charge in [-0.1, -0.05) is 49.4 Å². The van der Waals surface area contributed by atoms with Crippen molar-refractivity contribution >= 4 is 17.8 Å². The highest BCUT2D eigenvalue weighted by Crippen LogP contribution is 2.14. The van der Waals surface area contributed by atoms with Gasteiger partial charge in [-0.2, -0.15) is 11.8 Å². The second kappa shape index (κ2) is 7.55. The monoisotopic (exact) mass is 222 g/mol. The Labute approximate surface area is 96.2 Å². The van der Waals surface area contributed by atoms with Crippen molar-refractivity contribution in [3.8, 4) is 0 Å². The highest BCUT2D eigenvalue weighted by atomic mass is 32.2. The molecule has 0 aromatic heterocycles. The predicted octanol–water partition coefficient (Wildman–Crippen LogP) is 3.20. The summed E-state index contributed by atoms with van der Waals surface area (Å²) >= 11 is 1.87. The molecule has 1 nitrogen and oxygen atoms in total. The zero-order valence-electron chi connectivity index (χ0n) is 9.10. The molecule has 0 radical (unpaired) electrons. The first-order valence-electron chi connectivity index (χ1n) is 5.27. The molecule has 15 heavy (non-hydrogen) atoms. The summed E-state index contributed by atoms with van der Waals surface area (Å²) in [6, 6.07) is 10.3. The molecule has 1 aromatic carbocycles. The van der Waals surface area contributed by atoms with Crippen molar-refractivity contribution in [3.05, 3.63) is 42.0 Å². The first-order chi connectivity index (χ1) is 7.33. The summed E-state index contributed by atoms with van der Waals surface area (Å²) in [6.07, 6.45) is 5.19. The van der Waals surface area contributed by atoms with Crippen LogP contribution in [0.2, 0.25) is 0 Å². The number of thioether (sulfide) groups is 1. The zero-order valence-corrected chi connectivity index (χ0v) is 9.91. The second-order valence-electron chi connectivity index (χ2n) is 3.47. The van der Waals surface area contributed by atoms with E-state index in [2.05, 4.69) is 31.2 Å². The maximum absolute atomic E-state index is 8.74. The highest BCUT2D eigenvalue weighted by molar-refractivity contribution is 8.00. The molecule has 1 unspecified atom stereocenters. The molecule has 1 atom stereocenters. The fraction of sp³-hybridized carbons (Fsp3) is 0.385. The number of hydrogen-bond donors (Lipinski definition) is 1. The van der Waals surface area contributed by atoms with E-state index >= 15 is 0 Å². The van der Waals surface area contributed by atoms with Crippen molar-refractivity contribution in [1.29, 1.82) is 0 Å². The lowest BCUT2D eigenvalue weighted by atomic mass is 10.2. The minimum Gasteiger partial charge on any atom is -0.396 e. The normalized spacial score (nSPS) is 13.2. The van der Waals surface area contributed by atoms with Crippen LogP contribution in [-0.2, 0) is 0 Å². The first-order valence-corrected chi connectivity index (χ1v) is 6.32. The third-order valence-corrected chi connectivity index (χ3v) is 3.31. The first kappa shape index (κ1) is 12.3. The van der Waals surface area contributed by atoms with Gasteiger partial charge in [0.05, 0.1) is 0 Å².